The van der Waals surface area contributed by atoms with Crippen LogP contribution in [0.2, 0.25) is 0 Å². The van der Waals surface area contributed by atoms with Gasteiger partial charge in [-0.3, -0.25) is 0 Å². The van der Waals surface area contributed by atoms with Crippen molar-refractivity contribution in [3.63, 3.8) is 0 Å². The van der Waals surface area contributed by atoms with Crippen LogP contribution < -0.4 is 0 Å². The van der Waals surface area contributed by atoms with Crippen molar-refractivity contribution in [3.05, 3.63) is 34.9 Å². The molecule has 0 amide bonds. The minimum atomic E-state index is -5.00. The quantitative estimate of drug-likeness (QED) is 0.201. The van der Waals surface area contributed by atoms with E-state index in [1.807, 2.05) is 0 Å². The smallest absolute Gasteiger partial charge is 0.245 e. The third-order valence-electron chi connectivity index (χ3n) is 3.27. The highest BCUT2D eigenvalue weighted by molar-refractivity contribution is 6.35. The number of alkyl halides is 6. The fourth-order valence-corrected chi connectivity index (χ4v) is 1.87. The fraction of sp³-hybridized carbons (Fsp3) is 0.647. The normalized spacial score (nSPS) is 13.4. The lowest BCUT2D eigenvalue weighted by Crippen LogP contribution is -2.34. The zero-order valence-corrected chi connectivity index (χ0v) is 17.2. The predicted molar refractivity (Wildman–Crippen MR) is 92.0 cm³/mol. The molecule has 0 fully saturated rings. The Labute approximate surface area is 170 Å². The predicted octanol–water partition coefficient (Wildman–Crippen LogP) is 5.61. The number of rotatable bonds is 10. The van der Waals surface area contributed by atoms with Gasteiger partial charge in [0.2, 0.25) is 0 Å². The van der Waals surface area contributed by atoms with Crippen LogP contribution in [-0.2, 0) is 47.0 Å². The fourth-order valence-electron chi connectivity index (χ4n) is 1.87. The molecule has 172 valence electrons. The highest BCUT2D eigenvalue weighted by atomic mass is 19.4. The number of benzene rings is 1. The first-order chi connectivity index (χ1) is 13.5. The summed E-state index contributed by atoms with van der Waals surface area (Å²) in [4.78, 5) is 29.1. The van der Waals surface area contributed by atoms with Crippen molar-refractivity contribution >= 4 is 7.32 Å². The zero-order chi connectivity index (χ0) is 23.3. The van der Waals surface area contributed by atoms with Crippen molar-refractivity contribution < 1.29 is 55.4 Å². The lowest BCUT2D eigenvalue weighted by Gasteiger charge is -2.27. The SMILES string of the molecule is CC(C)OOB(OOC(C)C)OOC(C)(C)c1cc(C(F)(F)F)cc(C(F)(F)F)c1. The maximum Gasteiger partial charge on any atom is 0.725 e. The minimum Gasteiger partial charge on any atom is -0.245 e. The van der Waals surface area contributed by atoms with Gasteiger partial charge in [-0.05, 0) is 65.3 Å². The first kappa shape index (κ1) is 26.7. The minimum absolute atomic E-state index is 0.0163. The van der Waals surface area contributed by atoms with Crippen molar-refractivity contribution in [2.75, 3.05) is 0 Å². The summed E-state index contributed by atoms with van der Waals surface area (Å²) < 4.78 is 78.5. The first-order valence-electron chi connectivity index (χ1n) is 8.81. The zero-order valence-electron chi connectivity index (χ0n) is 17.2. The van der Waals surface area contributed by atoms with Gasteiger partial charge in [-0.2, -0.15) is 26.3 Å². The molecule has 0 saturated heterocycles. The summed E-state index contributed by atoms with van der Waals surface area (Å²) in [5.41, 5.74) is -5.20. The summed E-state index contributed by atoms with van der Waals surface area (Å²) in [5.74, 6) is 0. The molecule has 0 aliphatic carbocycles. The summed E-state index contributed by atoms with van der Waals surface area (Å²) >= 11 is 0. The van der Waals surface area contributed by atoms with Crippen LogP contribution in [0.25, 0.3) is 0 Å². The second-order valence-electron chi connectivity index (χ2n) is 7.26. The summed E-state index contributed by atoms with van der Waals surface area (Å²) in [5, 5.41) is 0. The molecule has 0 aliphatic heterocycles. The summed E-state index contributed by atoms with van der Waals surface area (Å²) in [6, 6.07) is 1.08. The molecule has 0 radical (unpaired) electrons. The molecule has 0 N–H and O–H groups in total. The molecule has 0 spiro atoms. The van der Waals surface area contributed by atoms with E-state index in [4.69, 9.17) is 29.1 Å². The molecule has 0 saturated carbocycles. The average Bonchev–Trinajstić information content (AvgIpc) is 2.58. The third kappa shape index (κ3) is 8.78. The van der Waals surface area contributed by atoms with E-state index in [0.717, 1.165) is 0 Å². The Morgan fingerprint density at radius 2 is 1.03 bits per heavy atom. The van der Waals surface area contributed by atoms with E-state index in [9.17, 15) is 26.3 Å². The van der Waals surface area contributed by atoms with Crippen LogP contribution in [0.1, 0.15) is 58.2 Å². The number of hydrogen-bond acceptors (Lipinski definition) is 6. The van der Waals surface area contributed by atoms with Crippen LogP contribution in [0, 0.1) is 0 Å². The van der Waals surface area contributed by atoms with Gasteiger partial charge in [0.1, 0.15) is 5.60 Å². The van der Waals surface area contributed by atoms with Crippen LogP contribution in [0.15, 0.2) is 18.2 Å². The first-order valence-corrected chi connectivity index (χ1v) is 8.81. The molecule has 6 nitrogen and oxygen atoms in total. The van der Waals surface area contributed by atoms with Crippen LogP contribution in [0.4, 0.5) is 26.3 Å². The van der Waals surface area contributed by atoms with Crippen LogP contribution in [0.5, 0.6) is 0 Å². The monoisotopic (exact) mass is 448 g/mol. The van der Waals surface area contributed by atoms with Crippen LogP contribution >= 0.6 is 0 Å². The van der Waals surface area contributed by atoms with Gasteiger partial charge < -0.3 is 0 Å². The van der Waals surface area contributed by atoms with Crippen molar-refractivity contribution in [3.8, 4) is 0 Å². The van der Waals surface area contributed by atoms with Gasteiger partial charge in [0.05, 0.1) is 23.3 Å². The van der Waals surface area contributed by atoms with Crippen molar-refractivity contribution in [2.24, 2.45) is 0 Å². The van der Waals surface area contributed by atoms with Gasteiger partial charge in [-0.15, -0.1) is 0 Å². The molecule has 30 heavy (non-hydrogen) atoms. The van der Waals surface area contributed by atoms with Crippen molar-refractivity contribution in [2.45, 2.75) is 71.7 Å². The molecule has 0 atom stereocenters. The van der Waals surface area contributed by atoms with Gasteiger partial charge >= 0.3 is 19.7 Å². The Kier molecular flexibility index (Phi) is 9.14. The van der Waals surface area contributed by atoms with Gasteiger partial charge in [-0.1, -0.05) is 0 Å². The average molecular weight is 448 g/mol. The Bertz CT molecular complexity index is 633. The highest BCUT2D eigenvalue weighted by Gasteiger charge is 2.40. The van der Waals surface area contributed by atoms with Crippen molar-refractivity contribution in [1.29, 1.82) is 0 Å². The van der Waals surface area contributed by atoms with E-state index in [1.165, 1.54) is 13.8 Å². The molecule has 0 bridgehead atoms. The molecule has 1 aromatic rings. The van der Waals surface area contributed by atoms with E-state index in [0.29, 0.717) is 12.1 Å². The summed E-state index contributed by atoms with van der Waals surface area (Å²) in [6.45, 7) is 8.87. The molecule has 0 heterocycles. The number of halogens is 6. The maximum atomic E-state index is 13.1. The molecule has 1 aromatic carbocycles. The van der Waals surface area contributed by atoms with E-state index < -0.39 is 54.2 Å². The molecular formula is C17H23BF6O6. The van der Waals surface area contributed by atoms with Gasteiger partial charge in [0.25, 0.3) is 0 Å². The second kappa shape index (κ2) is 10.3. The Balaban J connectivity index is 3.10. The van der Waals surface area contributed by atoms with Gasteiger partial charge in [0, 0.05) is 0 Å². The van der Waals surface area contributed by atoms with Crippen LogP contribution in [0.3, 0.4) is 0 Å². The van der Waals surface area contributed by atoms with Crippen LogP contribution in [-0.4, -0.2) is 19.5 Å². The third-order valence-corrected chi connectivity index (χ3v) is 3.27. The van der Waals surface area contributed by atoms with Gasteiger partial charge in [0.15, 0.2) is 0 Å². The maximum absolute atomic E-state index is 13.1. The summed E-state index contributed by atoms with van der Waals surface area (Å²) in [7, 11) is -1.73. The standard InChI is InChI=1S/C17H23BF6O6/c1-10(2)25-28-18(29-26-11(3)4)30-27-15(5,6)12-7-13(16(19,20)21)9-14(8-12)17(22,23)24/h7-11H,1-6H3. The molecule has 0 aliphatic rings. The lowest BCUT2D eigenvalue weighted by atomic mass is 9.93. The topological polar surface area (TPSA) is 55.4 Å². The highest BCUT2D eigenvalue weighted by Crippen LogP contribution is 2.39. The lowest BCUT2D eigenvalue weighted by molar-refractivity contribution is -0.383. The van der Waals surface area contributed by atoms with Crippen molar-refractivity contribution in [1.82, 2.24) is 0 Å². The molecule has 0 aromatic heterocycles. The summed E-state index contributed by atoms with van der Waals surface area (Å²) in [6.07, 6.45) is -10.9. The second-order valence-corrected chi connectivity index (χ2v) is 7.26. The van der Waals surface area contributed by atoms with E-state index in [-0.39, 0.29) is 6.07 Å². The Hall–Kier alpha value is -1.38. The van der Waals surface area contributed by atoms with Gasteiger partial charge in [-0.25, -0.2) is 29.1 Å². The molecular weight excluding hydrogens is 425 g/mol. The molecule has 13 heteroatoms. The van der Waals surface area contributed by atoms with E-state index in [2.05, 4.69) is 0 Å². The Morgan fingerprint density at radius 1 is 0.667 bits per heavy atom. The van der Waals surface area contributed by atoms with E-state index in [1.54, 1.807) is 27.7 Å². The number of hydrogen-bond donors (Lipinski definition) is 0. The molecule has 1 rings (SSSR count). The molecule has 0 unspecified atom stereocenters. The van der Waals surface area contributed by atoms with E-state index >= 15 is 0 Å². The Morgan fingerprint density at radius 3 is 1.37 bits per heavy atom. The largest absolute Gasteiger partial charge is 0.725 e.